The lowest BCUT2D eigenvalue weighted by Crippen LogP contribution is -2.41. The summed E-state index contributed by atoms with van der Waals surface area (Å²) in [7, 11) is 0. The van der Waals surface area contributed by atoms with Gasteiger partial charge in [-0.2, -0.15) is 5.10 Å². The molecular formula is C18H22N4O3. The fourth-order valence-electron chi connectivity index (χ4n) is 3.83. The van der Waals surface area contributed by atoms with Crippen molar-refractivity contribution >= 4 is 5.91 Å². The topological polar surface area (TPSA) is 81.2 Å². The van der Waals surface area contributed by atoms with Crippen molar-refractivity contribution in [1.82, 2.24) is 19.7 Å². The van der Waals surface area contributed by atoms with Crippen molar-refractivity contribution in [1.29, 1.82) is 0 Å². The predicted molar refractivity (Wildman–Crippen MR) is 90.4 cm³/mol. The van der Waals surface area contributed by atoms with Gasteiger partial charge < -0.3 is 9.32 Å². The van der Waals surface area contributed by atoms with Crippen LogP contribution in [0.4, 0.5) is 0 Å². The summed E-state index contributed by atoms with van der Waals surface area (Å²) < 4.78 is 6.69. The summed E-state index contributed by atoms with van der Waals surface area (Å²) in [5.41, 5.74) is 2.38. The van der Waals surface area contributed by atoms with E-state index in [2.05, 4.69) is 10.1 Å². The molecule has 1 atom stereocenters. The first-order valence-corrected chi connectivity index (χ1v) is 8.95. The fraction of sp³-hybridized carbons (Fsp3) is 0.556. The third kappa shape index (κ3) is 3.10. The quantitative estimate of drug-likeness (QED) is 0.848. The van der Waals surface area contributed by atoms with E-state index < -0.39 is 0 Å². The molecule has 2 aromatic heterocycles. The first kappa shape index (κ1) is 16.1. The summed E-state index contributed by atoms with van der Waals surface area (Å²) >= 11 is 0. The molecule has 1 saturated heterocycles. The Labute approximate surface area is 145 Å². The zero-order valence-corrected chi connectivity index (χ0v) is 14.4. The van der Waals surface area contributed by atoms with Gasteiger partial charge in [0.15, 0.2) is 11.6 Å². The normalized spacial score (nSPS) is 19.9. The molecule has 0 spiro atoms. The summed E-state index contributed by atoms with van der Waals surface area (Å²) in [4.78, 5) is 31.0. The highest BCUT2D eigenvalue weighted by atomic mass is 16.3. The standard InChI is InChI=1S/C18H22N4O3/c1-12-19-16(11-25-12)18(24)21-8-4-6-14(21)10-22-17(23)9-13-5-2-3-7-15(13)20-22/h9,11,14H,2-8,10H2,1H3. The average molecular weight is 342 g/mol. The molecule has 7 heteroatoms. The lowest BCUT2D eigenvalue weighted by molar-refractivity contribution is 0.0714. The highest BCUT2D eigenvalue weighted by molar-refractivity contribution is 5.92. The molecule has 0 saturated carbocycles. The van der Waals surface area contributed by atoms with Crippen LogP contribution in [0.3, 0.4) is 0 Å². The zero-order valence-electron chi connectivity index (χ0n) is 14.4. The minimum atomic E-state index is -0.134. The van der Waals surface area contributed by atoms with Crippen LogP contribution < -0.4 is 5.56 Å². The molecule has 0 radical (unpaired) electrons. The fourth-order valence-corrected chi connectivity index (χ4v) is 3.83. The summed E-state index contributed by atoms with van der Waals surface area (Å²) in [6.07, 6.45) is 7.31. The van der Waals surface area contributed by atoms with Gasteiger partial charge >= 0.3 is 0 Å². The third-order valence-corrected chi connectivity index (χ3v) is 5.13. The number of nitrogens with zero attached hydrogens (tertiary/aromatic N) is 4. The molecule has 0 bridgehead atoms. The Morgan fingerprint density at radius 2 is 2.16 bits per heavy atom. The maximum atomic E-state index is 12.7. The van der Waals surface area contributed by atoms with Crippen LogP contribution in [0.15, 0.2) is 21.5 Å². The summed E-state index contributed by atoms with van der Waals surface area (Å²) in [6.45, 7) is 2.83. The van der Waals surface area contributed by atoms with Crippen molar-refractivity contribution in [2.24, 2.45) is 0 Å². The molecular weight excluding hydrogens is 320 g/mol. The van der Waals surface area contributed by atoms with Gasteiger partial charge in [0.2, 0.25) is 0 Å². The van der Waals surface area contributed by atoms with Crippen molar-refractivity contribution in [3.63, 3.8) is 0 Å². The van der Waals surface area contributed by atoms with Gasteiger partial charge in [0.25, 0.3) is 11.5 Å². The maximum Gasteiger partial charge on any atom is 0.276 e. The number of amides is 1. The predicted octanol–water partition coefficient (Wildman–Crippen LogP) is 1.72. The molecule has 2 aliphatic rings. The van der Waals surface area contributed by atoms with Gasteiger partial charge in [0.05, 0.1) is 18.3 Å². The molecule has 1 fully saturated rings. The van der Waals surface area contributed by atoms with Gasteiger partial charge in [-0.25, -0.2) is 9.67 Å². The number of aromatic nitrogens is 3. The van der Waals surface area contributed by atoms with Crippen LogP contribution in [0.25, 0.3) is 0 Å². The van der Waals surface area contributed by atoms with Gasteiger partial charge in [-0.15, -0.1) is 0 Å². The SMILES string of the molecule is Cc1nc(C(=O)N2CCCC2Cn2nc3c(cc2=O)CCCC3)co1. The van der Waals surface area contributed by atoms with Gasteiger partial charge in [-0.3, -0.25) is 9.59 Å². The number of likely N-dealkylation sites (tertiary alicyclic amines) is 1. The summed E-state index contributed by atoms with van der Waals surface area (Å²) in [6, 6.07) is 1.69. The number of oxazole rings is 1. The van der Waals surface area contributed by atoms with Crippen LogP contribution in [-0.2, 0) is 19.4 Å². The maximum absolute atomic E-state index is 12.7. The monoisotopic (exact) mass is 342 g/mol. The van der Waals surface area contributed by atoms with E-state index in [-0.39, 0.29) is 17.5 Å². The largest absolute Gasteiger partial charge is 0.448 e. The molecule has 1 amide bonds. The number of hydrogen-bond acceptors (Lipinski definition) is 5. The van der Waals surface area contributed by atoms with Gasteiger partial charge in [0.1, 0.15) is 6.26 Å². The van der Waals surface area contributed by atoms with Crippen LogP contribution in [-0.4, -0.2) is 38.2 Å². The number of fused-ring (bicyclic) bond motifs is 1. The Bertz CT molecular complexity index is 854. The minimum Gasteiger partial charge on any atom is -0.448 e. The lowest BCUT2D eigenvalue weighted by Gasteiger charge is -2.24. The summed E-state index contributed by atoms with van der Waals surface area (Å²) in [5, 5.41) is 4.58. The van der Waals surface area contributed by atoms with Crippen molar-refractivity contribution in [2.45, 2.75) is 58.0 Å². The highest BCUT2D eigenvalue weighted by Crippen LogP contribution is 2.22. The van der Waals surface area contributed by atoms with Gasteiger partial charge in [-0.05, 0) is 44.1 Å². The third-order valence-electron chi connectivity index (χ3n) is 5.13. The minimum absolute atomic E-state index is 0.0312. The molecule has 0 N–H and O–H groups in total. The van der Waals surface area contributed by atoms with Crippen LogP contribution in [0.2, 0.25) is 0 Å². The van der Waals surface area contributed by atoms with Crippen LogP contribution in [0, 0.1) is 6.92 Å². The lowest BCUT2D eigenvalue weighted by atomic mass is 9.97. The average Bonchev–Trinajstić information content (AvgIpc) is 3.24. The molecule has 1 aliphatic carbocycles. The molecule has 132 valence electrons. The summed E-state index contributed by atoms with van der Waals surface area (Å²) in [5.74, 6) is 0.344. The Kier molecular flexibility index (Phi) is 4.15. The molecule has 2 aromatic rings. The van der Waals surface area contributed by atoms with E-state index in [9.17, 15) is 9.59 Å². The van der Waals surface area contributed by atoms with Crippen molar-refractivity contribution < 1.29 is 9.21 Å². The molecule has 7 nitrogen and oxygen atoms in total. The van der Waals surface area contributed by atoms with E-state index in [1.807, 2.05) is 0 Å². The van der Waals surface area contributed by atoms with Gasteiger partial charge in [-0.1, -0.05) is 0 Å². The van der Waals surface area contributed by atoms with E-state index in [0.29, 0.717) is 24.7 Å². The number of hydrogen-bond donors (Lipinski definition) is 0. The number of carbonyl (C=O) groups is 1. The second-order valence-corrected chi connectivity index (χ2v) is 6.89. The van der Waals surface area contributed by atoms with E-state index in [0.717, 1.165) is 49.8 Å². The van der Waals surface area contributed by atoms with Crippen LogP contribution >= 0.6 is 0 Å². The van der Waals surface area contributed by atoms with Crippen molar-refractivity contribution in [2.75, 3.05) is 6.54 Å². The van der Waals surface area contributed by atoms with E-state index in [1.54, 1.807) is 17.9 Å². The Balaban J connectivity index is 1.55. The first-order chi connectivity index (χ1) is 12.1. The second-order valence-electron chi connectivity index (χ2n) is 6.89. The first-order valence-electron chi connectivity index (χ1n) is 8.95. The molecule has 1 aliphatic heterocycles. The highest BCUT2D eigenvalue weighted by Gasteiger charge is 2.31. The number of rotatable bonds is 3. The molecule has 25 heavy (non-hydrogen) atoms. The van der Waals surface area contributed by atoms with E-state index in [1.165, 1.54) is 10.9 Å². The molecule has 0 aromatic carbocycles. The molecule has 1 unspecified atom stereocenters. The van der Waals surface area contributed by atoms with Crippen molar-refractivity contribution in [3.8, 4) is 0 Å². The number of carbonyl (C=O) groups excluding carboxylic acids is 1. The Hall–Kier alpha value is -2.44. The molecule has 4 rings (SSSR count). The Morgan fingerprint density at radius 3 is 2.96 bits per heavy atom. The smallest absolute Gasteiger partial charge is 0.276 e. The second kappa shape index (κ2) is 6.46. The van der Waals surface area contributed by atoms with Crippen molar-refractivity contribution in [3.05, 3.63) is 45.5 Å². The zero-order chi connectivity index (χ0) is 17.4. The van der Waals surface area contributed by atoms with Crippen LogP contribution in [0.1, 0.15) is 53.3 Å². The van der Waals surface area contributed by atoms with E-state index in [4.69, 9.17) is 4.42 Å². The van der Waals surface area contributed by atoms with E-state index >= 15 is 0 Å². The van der Waals surface area contributed by atoms with Gasteiger partial charge in [0, 0.05) is 19.5 Å². The number of aryl methyl sites for hydroxylation is 3. The molecule has 3 heterocycles. The Morgan fingerprint density at radius 1 is 1.32 bits per heavy atom. The van der Waals surface area contributed by atoms with Crippen LogP contribution in [0.5, 0.6) is 0 Å².